The van der Waals surface area contributed by atoms with Gasteiger partial charge >= 0.3 is 5.56 Å². The molecule has 0 unspecified atom stereocenters. The number of aromatic nitrogens is 2. The second-order valence-electron chi connectivity index (χ2n) is 7.03. The number of carbonyl (C=O) groups excluding carboxylic acids is 1. The molecule has 2 N–H and O–H groups in total. The molecule has 1 saturated heterocycles. The van der Waals surface area contributed by atoms with Gasteiger partial charge < -0.3 is 15.2 Å². The summed E-state index contributed by atoms with van der Waals surface area (Å²) < 4.78 is 45.9. The zero-order valence-corrected chi connectivity index (χ0v) is 17.5. The summed E-state index contributed by atoms with van der Waals surface area (Å²) in [6.07, 6.45) is 1.06. The highest BCUT2D eigenvalue weighted by molar-refractivity contribution is 7.89. The number of rotatable bonds is 5. The number of nitrogens with zero attached hydrogens (tertiary/aromatic N) is 3. The van der Waals surface area contributed by atoms with Gasteiger partial charge in [-0.2, -0.15) is 4.31 Å². The fourth-order valence-electron chi connectivity index (χ4n) is 3.23. The predicted octanol–water partition coefficient (Wildman–Crippen LogP) is 0.490. The standard InChI is InChI=1S/C20H19FN4O6S/c21-14-3-1-13(2-4-14)11-22-19(27)17-18(26)20(28)25-12-15(5-6-16(25)23-17)32(29,30)24-7-9-31-10-8-24/h1-6,12,26H,7-11H2,(H,22,27). The number of fused-ring (bicyclic) bond motifs is 1. The lowest BCUT2D eigenvalue weighted by Crippen LogP contribution is -2.40. The molecule has 32 heavy (non-hydrogen) atoms. The highest BCUT2D eigenvalue weighted by atomic mass is 32.2. The van der Waals surface area contributed by atoms with Crippen LogP contribution in [0.4, 0.5) is 4.39 Å². The maximum absolute atomic E-state index is 13.0. The molecule has 1 aliphatic heterocycles. The average Bonchev–Trinajstić information content (AvgIpc) is 2.81. The van der Waals surface area contributed by atoms with E-state index in [9.17, 15) is 27.5 Å². The lowest BCUT2D eigenvalue weighted by Gasteiger charge is -2.26. The van der Waals surface area contributed by atoms with Gasteiger partial charge in [0.25, 0.3) is 5.91 Å². The van der Waals surface area contributed by atoms with Gasteiger partial charge in [-0.1, -0.05) is 12.1 Å². The van der Waals surface area contributed by atoms with E-state index in [0.29, 0.717) is 5.56 Å². The van der Waals surface area contributed by atoms with Crippen molar-refractivity contribution in [3.05, 3.63) is 70.0 Å². The van der Waals surface area contributed by atoms with E-state index in [1.807, 2.05) is 0 Å². The molecule has 0 spiro atoms. The number of ether oxygens (including phenoxy) is 1. The molecule has 3 aromatic rings. The van der Waals surface area contributed by atoms with E-state index in [1.165, 1.54) is 40.7 Å². The number of sulfonamides is 1. The van der Waals surface area contributed by atoms with Crippen molar-refractivity contribution in [2.24, 2.45) is 0 Å². The average molecular weight is 462 g/mol. The minimum Gasteiger partial charge on any atom is -0.501 e. The number of aromatic hydroxyl groups is 1. The number of carbonyl (C=O) groups is 1. The molecule has 0 aliphatic carbocycles. The molecule has 0 bridgehead atoms. The van der Waals surface area contributed by atoms with Crippen molar-refractivity contribution >= 4 is 21.6 Å². The van der Waals surface area contributed by atoms with E-state index >= 15 is 0 Å². The normalized spacial score (nSPS) is 15.0. The Balaban J connectivity index is 1.63. The predicted molar refractivity (Wildman–Crippen MR) is 110 cm³/mol. The number of morpholine rings is 1. The second kappa shape index (κ2) is 8.65. The van der Waals surface area contributed by atoms with Gasteiger partial charge in [0.1, 0.15) is 11.5 Å². The van der Waals surface area contributed by atoms with Crippen LogP contribution in [0.1, 0.15) is 16.1 Å². The summed E-state index contributed by atoms with van der Waals surface area (Å²) in [7, 11) is -3.87. The summed E-state index contributed by atoms with van der Waals surface area (Å²) in [5, 5.41) is 12.8. The van der Waals surface area contributed by atoms with Crippen molar-refractivity contribution < 1.29 is 27.4 Å². The quantitative estimate of drug-likeness (QED) is 0.564. The molecule has 2 aromatic heterocycles. The number of amides is 1. The number of hydrogen-bond donors (Lipinski definition) is 2. The summed E-state index contributed by atoms with van der Waals surface area (Å²) in [6.45, 7) is 0.936. The third-order valence-electron chi connectivity index (χ3n) is 4.96. The SMILES string of the molecule is O=C(NCc1ccc(F)cc1)c1nc2ccc(S(=O)(=O)N3CCOCC3)cn2c(=O)c1O. The maximum Gasteiger partial charge on any atom is 0.300 e. The Labute approximate surface area is 181 Å². The number of hydrogen-bond acceptors (Lipinski definition) is 7. The van der Waals surface area contributed by atoms with Crippen LogP contribution in [0, 0.1) is 5.82 Å². The minimum absolute atomic E-state index is 0.0133. The summed E-state index contributed by atoms with van der Waals surface area (Å²) >= 11 is 0. The van der Waals surface area contributed by atoms with Crippen LogP contribution in [0.15, 0.2) is 52.3 Å². The van der Waals surface area contributed by atoms with Crippen LogP contribution in [0.2, 0.25) is 0 Å². The Bertz CT molecular complexity index is 1330. The Morgan fingerprint density at radius 3 is 2.53 bits per heavy atom. The van der Waals surface area contributed by atoms with Crippen molar-refractivity contribution in [3.8, 4) is 5.75 Å². The molecule has 1 aromatic carbocycles. The fraction of sp³-hybridized carbons (Fsp3) is 0.250. The molecule has 4 rings (SSSR count). The second-order valence-corrected chi connectivity index (χ2v) is 8.97. The molecule has 0 radical (unpaired) electrons. The van der Waals surface area contributed by atoms with Crippen LogP contribution in [0.25, 0.3) is 5.65 Å². The van der Waals surface area contributed by atoms with Crippen molar-refractivity contribution in [1.29, 1.82) is 0 Å². The van der Waals surface area contributed by atoms with Gasteiger partial charge in [0.15, 0.2) is 5.69 Å². The first-order valence-electron chi connectivity index (χ1n) is 9.63. The summed E-state index contributed by atoms with van der Waals surface area (Å²) in [5.41, 5.74) is -0.891. The fourth-order valence-corrected chi connectivity index (χ4v) is 4.63. The molecular formula is C20H19FN4O6S. The monoisotopic (exact) mass is 462 g/mol. The van der Waals surface area contributed by atoms with E-state index in [2.05, 4.69) is 10.3 Å². The molecular weight excluding hydrogens is 443 g/mol. The summed E-state index contributed by atoms with van der Waals surface area (Å²) in [6, 6.07) is 8.00. The molecule has 10 nitrogen and oxygen atoms in total. The number of halogens is 1. The summed E-state index contributed by atoms with van der Waals surface area (Å²) in [4.78, 5) is 29.0. The van der Waals surface area contributed by atoms with Crippen LogP contribution < -0.4 is 10.9 Å². The third-order valence-corrected chi connectivity index (χ3v) is 6.84. The smallest absolute Gasteiger partial charge is 0.300 e. The minimum atomic E-state index is -3.87. The maximum atomic E-state index is 13.0. The number of benzene rings is 1. The van der Waals surface area contributed by atoms with Gasteiger partial charge in [-0.15, -0.1) is 0 Å². The largest absolute Gasteiger partial charge is 0.501 e. The van der Waals surface area contributed by atoms with Gasteiger partial charge in [0.2, 0.25) is 15.8 Å². The highest BCUT2D eigenvalue weighted by Crippen LogP contribution is 2.19. The molecule has 1 fully saturated rings. The third kappa shape index (κ3) is 4.20. The van der Waals surface area contributed by atoms with E-state index < -0.39 is 38.8 Å². The van der Waals surface area contributed by atoms with Gasteiger partial charge in [-0.3, -0.25) is 14.0 Å². The van der Waals surface area contributed by atoms with Crippen molar-refractivity contribution in [2.75, 3.05) is 26.3 Å². The van der Waals surface area contributed by atoms with Crippen molar-refractivity contribution in [3.63, 3.8) is 0 Å². The highest BCUT2D eigenvalue weighted by Gasteiger charge is 2.27. The van der Waals surface area contributed by atoms with Crippen LogP contribution in [0.3, 0.4) is 0 Å². The van der Waals surface area contributed by atoms with Crippen LogP contribution >= 0.6 is 0 Å². The zero-order valence-electron chi connectivity index (χ0n) is 16.7. The number of pyridine rings is 1. The van der Waals surface area contributed by atoms with Gasteiger partial charge in [-0.25, -0.2) is 17.8 Å². The molecule has 0 saturated carbocycles. The first-order valence-corrected chi connectivity index (χ1v) is 11.1. The van der Waals surface area contributed by atoms with E-state index in [1.54, 1.807) is 0 Å². The van der Waals surface area contributed by atoms with E-state index in [-0.39, 0.29) is 43.4 Å². The molecule has 3 heterocycles. The number of nitrogens with one attached hydrogen (secondary N) is 1. The molecule has 1 aliphatic rings. The molecule has 168 valence electrons. The van der Waals surface area contributed by atoms with E-state index in [0.717, 1.165) is 10.6 Å². The Morgan fingerprint density at radius 2 is 1.84 bits per heavy atom. The van der Waals surface area contributed by atoms with Crippen LogP contribution in [-0.2, 0) is 21.3 Å². The summed E-state index contributed by atoms with van der Waals surface area (Å²) in [5.74, 6) is -2.14. The van der Waals surface area contributed by atoms with Gasteiger partial charge in [0, 0.05) is 25.8 Å². The van der Waals surface area contributed by atoms with Crippen LogP contribution in [-0.4, -0.2) is 59.4 Å². The lowest BCUT2D eigenvalue weighted by molar-refractivity contribution is 0.0730. The van der Waals surface area contributed by atoms with Crippen LogP contribution in [0.5, 0.6) is 5.75 Å². The van der Waals surface area contributed by atoms with Gasteiger partial charge in [-0.05, 0) is 29.8 Å². The zero-order chi connectivity index (χ0) is 22.9. The molecule has 1 amide bonds. The van der Waals surface area contributed by atoms with Crippen molar-refractivity contribution in [2.45, 2.75) is 11.4 Å². The van der Waals surface area contributed by atoms with Gasteiger partial charge in [0.05, 0.1) is 18.1 Å². The first kappa shape index (κ1) is 21.9. The first-order chi connectivity index (χ1) is 15.3. The Kier molecular flexibility index (Phi) is 5.91. The van der Waals surface area contributed by atoms with Crippen molar-refractivity contribution in [1.82, 2.24) is 19.0 Å². The van der Waals surface area contributed by atoms with E-state index in [4.69, 9.17) is 4.74 Å². The molecule has 12 heteroatoms. The molecule has 0 atom stereocenters. The Hall–Kier alpha value is -3.35. The Morgan fingerprint density at radius 1 is 1.16 bits per heavy atom. The lowest BCUT2D eigenvalue weighted by atomic mass is 10.2. The topological polar surface area (TPSA) is 130 Å².